The SMILES string of the molecule is COc1ccc(CCNC(=O)CN(C)Cc2cc(Cl)ccc2OC)cc1. The molecule has 0 aliphatic carbocycles. The molecule has 6 heteroatoms. The van der Waals surface area contributed by atoms with Crippen molar-refractivity contribution in [1.82, 2.24) is 10.2 Å². The Morgan fingerprint density at radius 2 is 1.85 bits per heavy atom. The fraction of sp³-hybridized carbons (Fsp3) is 0.350. The monoisotopic (exact) mass is 376 g/mol. The van der Waals surface area contributed by atoms with Gasteiger partial charge in [-0.3, -0.25) is 9.69 Å². The van der Waals surface area contributed by atoms with Crippen LogP contribution in [0.1, 0.15) is 11.1 Å². The third-order valence-electron chi connectivity index (χ3n) is 3.99. The number of nitrogens with one attached hydrogen (secondary N) is 1. The maximum absolute atomic E-state index is 12.1. The maximum atomic E-state index is 12.1. The van der Waals surface area contributed by atoms with Crippen molar-refractivity contribution in [2.24, 2.45) is 0 Å². The van der Waals surface area contributed by atoms with Crippen LogP contribution in [0.3, 0.4) is 0 Å². The van der Waals surface area contributed by atoms with Gasteiger partial charge >= 0.3 is 0 Å². The molecule has 0 fully saturated rings. The van der Waals surface area contributed by atoms with E-state index in [0.717, 1.165) is 29.0 Å². The Bertz CT molecular complexity index is 719. The number of hydrogen-bond acceptors (Lipinski definition) is 4. The zero-order valence-electron chi connectivity index (χ0n) is 15.4. The first-order chi connectivity index (χ1) is 12.5. The van der Waals surface area contributed by atoms with Crippen molar-refractivity contribution in [2.75, 3.05) is 34.4 Å². The number of rotatable bonds is 9. The molecular weight excluding hydrogens is 352 g/mol. The van der Waals surface area contributed by atoms with E-state index in [4.69, 9.17) is 21.1 Å². The van der Waals surface area contributed by atoms with Crippen LogP contribution in [-0.4, -0.2) is 45.2 Å². The van der Waals surface area contributed by atoms with Gasteiger partial charge in [-0.2, -0.15) is 0 Å². The summed E-state index contributed by atoms with van der Waals surface area (Å²) in [6.45, 7) is 1.48. The number of halogens is 1. The number of carbonyl (C=O) groups excluding carboxylic acids is 1. The lowest BCUT2D eigenvalue weighted by Gasteiger charge is -2.18. The molecule has 26 heavy (non-hydrogen) atoms. The summed E-state index contributed by atoms with van der Waals surface area (Å²) < 4.78 is 10.5. The number of benzene rings is 2. The Morgan fingerprint density at radius 3 is 2.50 bits per heavy atom. The van der Waals surface area contributed by atoms with E-state index in [9.17, 15) is 4.79 Å². The fourth-order valence-corrected chi connectivity index (χ4v) is 2.85. The second-order valence-electron chi connectivity index (χ2n) is 6.08. The second-order valence-corrected chi connectivity index (χ2v) is 6.51. The van der Waals surface area contributed by atoms with Crippen LogP contribution < -0.4 is 14.8 Å². The van der Waals surface area contributed by atoms with E-state index >= 15 is 0 Å². The van der Waals surface area contributed by atoms with Gasteiger partial charge < -0.3 is 14.8 Å². The molecule has 0 aliphatic rings. The predicted molar refractivity (Wildman–Crippen MR) is 104 cm³/mol. The Balaban J connectivity index is 1.77. The third kappa shape index (κ3) is 6.24. The fourth-order valence-electron chi connectivity index (χ4n) is 2.66. The van der Waals surface area contributed by atoms with Crippen molar-refractivity contribution in [3.05, 3.63) is 58.6 Å². The third-order valence-corrected chi connectivity index (χ3v) is 4.23. The predicted octanol–water partition coefficient (Wildman–Crippen LogP) is 3.15. The van der Waals surface area contributed by atoms with E-state index in [1.165, 1.54) is 0 Å². The molecule has 5 nitrogen and oxygen atoms in total. The lowest BCUT2D eigenvalue weighted by Crippen LogP contribution is -2.35. The summed E-state index contributed by atoms with van der Waals surface area (Å²) in [5, 5.41) is 3.60. The van der Waals surface area contributed by atoms with Gasteiger partial charge in [0.15, 0.2) is 0 Å². The molecule has 1 amide bonds. The summed E-state index contributed by atoms with van der Waals surface area (Å²) in [6, 6.07) is 13.3. The van der Waals surface area contributed by atoms with Crippen LogP contribution in [0.5, 0.6) is 11.5 Å². The minimum atomic E-state index is -0.0120. The molecule has 0 bridgehead atoms. The molecule has 0 radical (unpaired) electrons. The van der Waals surface area contributed by atoms with E-state index in [0.29, 0.717) is 24.7 Å². The van der Waals surface area contributed by atoms with Gasteiger partial charge in [-0.1, -0.05) is 23.7 Å². The lowest BCUT2D eigenvalue weighted by atomic mass is 10.1. The van der Waals surface area contributed by atoms with Crippen molar-refractivity contribution >= 4 is 17.5 Å². The van der Waals surface area contributed by atoms with Gasteiger partial charge in [-0.05, 0) is 49.4 Å². The quantitative estimate of drug-likeness (QED) is 0.730. The molecule has 0 heterocycles. The first-order valence-corrected chi connectivity index (χ1v) is 8.80. The van der Waals surface area contributed by atoms with Crippen LogP contribution in [0, 0.1) is 0 Å². The van der Waals surface area contributed by atoms with Crippen LogP contribution in [0.2, 0.25) is 5.02 Å². The van der Waals surface area contributed by atoms with E-state index < -0.39 is 0 Å². The molecule has 0 unspecified atom stereocenters. The van der Waals surface area contributed by atoms with Crippen molar-refractivity contribution in [1.29, 1.82) is 0 Å². The molecule has 0 saturated carbocycles. The van der Waals surface area contributed by atoms with E-state index in [1.807, 2.05) is 48.3 Å². The summed E-state index contributed by atoms with van der Waals surface area (Å²) in [5.41, 5.74) is 2.11. The van der Waals surface area contributed by atoms with Crippen LogP contribution >= 0.6 is 11.6 Å². The van der Waals surface area contributed by atoms with E-state index in [1.54, 1.807) is 20.3 Å². The van der Waals surface area contributed by atoms with Crippen LogP contribution in [0.15, 0.2) is 42.5 Å². The summed E-state index contributed by atoms with van der Waals surface area (Å²) in [5.74, 6) is 1.58. The topological polar surface area (TPSA) is 50.8 Å². The smallest absolute Gasteiger partial charge is 0.234 e. The number of amides is 1. The molecule has 140 valence electrons. The molecule has 0 saturated heterocycles. The zero-order valence-corrected chi connectivity index (χ0v) is 16.2. The zero-order chi connectivity index (χ0) is 18.9. The van der Waals surface area contributed by atoms with E-state index in [-0.39, 0.29) is 5.91 Å². The highest BCUT2D eigenvalue weighted by Gasteiger charge is 2.10. The minimum absolute atomic E-state index is 0.0120. The van der Waals surface area contributed by atoms with Crippen molar-refractivity contribution in [3.8, 4) is 11.5 Å². The molecule has 0 aliphatic heterocycles. The Morgan fingerprint density at radius 1 is 1.12 bits per heavy atom. The number of nitrogens with zero attached hydrogens (tertiary/aromatic N) is 1. The van der Waals surface area contributed by atoms with Crippen LogP contribution in [0.4, 0.5) is 0 Å². The average Bonchev–Trinajstić information content (AvgIpc) is 2.62. The highest BCUT2D eigenvalue weighted by molar-refractivity contribution is 6.30. The molecule has 1 N–H and O–H groups in total. The summed E-state index contributed by atoms with van der Waals surface area (Å²) in [4.78, 5) is 14.1. The van der Waals surface area contributed by atoms with Gasteiger partial charge in [0.2, 0.25) is 5.91 Å². The highest BCUT2D eigenvalue weighted by atomic mass is 35.5. The first kappa shape index (κ1) is 20.1. The number of methoxy groups -OCH3 is 2. The van der Waals surface area contributed by atoms with Gasteiger partial charge in [0.25, 0.3) is 0 Å². The standard InChI is InChI=1S/C20H25ClN2O3/c1-23(13-16-12-17(21)6-9-19(16)26-3)14-20(24)22-11-10-15-4-7-18(25-2)8-5-15/h4-9,12H,10-11,13-14H2,1-3H3,(H,22,24). The van der Waals surface area contributed by atoms with Gasteiger partial charge in [0.1, 0.15) is 11.5 Å². The Hall–Kier alpha value is -2.24. The molecule has 0 atom stereocenters. The Labute approximate surface area is 159 Å². The lowest BCUT2D eigenvalue weighted by molar-refractivity contribution is -0.122. The number of carbonyl (C=O) groups is 1. The molecular formula is C20H25ClN2O3. The molecule has 2 aromatic rings. The second kappa shape index (κ2) is 10.0. The number of likely N-dealkylation sites (N-methyl/N-ethyl adjacent to an activating group) is 1. The molecule has 0 aromatic heterocycles. The normalized spacial score (nSPS) is 10.7. The molecule has 0 spiro atoms. The van der Waals surface area contributed by atoms with Gasteiger partial charge in [0.05, 0.1) is 20.8 Å². The molecule has 2 aromatic carbocycles. The van der Waals surface area contributed by atoms with E-state index in [2.05, 4.69) is 5.32 Å². The average molecular weight is 377 g/mol. The maximum Gasteiger partial charge on any atom is 0.234 e. The number of ether oxygens (including phenoxy) is 2. The van der Waals surface area contributed by atoms with Crippen LogP contribution in [0.25, 0.3) is 0 Å². The van der Waals surface area contributed by atoms with Crippen molar-refractivity contribution in [2.45, 2.75) is 13.0 Å². The van der Waals surface area contributed by atoms with Gasteiger partial charge in [-0.15, -0.1) is 0 Å². The molecule has 2 rings (SSSR count). The number of hydrogen-bond donors (Lipinski definition) is 1. The Kier molecular flexibility index (Phi) is 7.75. The summed E-state index contributed by atoms with van der Waals surface area (Å²) in [6.07, 6.45) is 0.779. The van der Waals surface area contributed by atoms with Crippen molar-refractivity contribution in [3.63, 3.8) is 0 Å². The van der Waals surface area contributed by atoms with Gasteiger partial charge in [-0.25, -0.2) is 0 Å². The van der Waals surface area contributed by atoms with Crippen LogP contribution in [-0.2, 0) is 17.8 Å². The largest absolute Gasteiger partial charge is 0.497 e. The first-order valence-electron chi connectivity index (χ1n) is 8.42. The summed E-state index contributed by atoms with van der Waals surface area (Å²) >= 11 is 6.05. The summed E-state index contributed by atoms with van der Waals surface area (Å²) in [7, 11) is 5.16. The minimum Gasteiger partial charge on any atom is -0.497 e. The highest BCUT2D eigenvalue weighted by Crippen LogP contribution is 2.23. The van der Waals surface area contributed by atoms with Crippen molar-refractivity contribution < 1.29 is 14.3 Å². The van der Waals surface area contributed by atoms with Gasteiger partial charge in [0, 0.05) is 23.7 Å².